The minimum absolute atomic E-state index is 0.154. The lowest BCUT2D eigenvalue weighted by atomic mass is 9.97. The lowest BCUT2D eigenvalue weighted by Gasteiger charge is -2.22. The topological polar surface area (TPSA) is 54.3 Å². The molecule has 0 aliphatic heterocycles. The third kappa shape index (κ3) is 8.46. The molecule has 0 bridgehead atoms. The molecule has 4 heteroatoms. The highest BCUT2D eigenvalue weighted by molar-refractivity contribution is 5.03. The van der Waals surface area contributed by atoms with Crippen LogP contribution in [0.15, 0.2) is 0 Å². The van der Waals surface area contributed by atoms with Crippen LogP contribution in [0.2, 0.25) is 0 Å². The van der Waals surface area contributed by atoms with Crippen LogP contribution in [0.25, 0.3) is 0 Å². The van der Waals surface area contributed by atoms with Crippen LogP contribution in [-0.2, 0) is 9.47 Å². The lowest BCUT2D eigenvalue weighted by molar-refractivity contribution is -0.00478. The van der Waals surface area contributed by atoms with Gasteiger partial charge in [-0.25, -0.2) is 0 Å². The van der Waals surface area contributed by atoms with Gasteiger partial charge in [-0.05, 0) is 46.6 Å². The second-order valence-electron chi connectivity index (χ2n) is 4.77. The molecule has 18 heavy (non-hydrogen) atoms. The molecule has 0 saturated carbocycles. The summed E-state index contributed by atoms with van der Waals surface area (Å²) in [6.07, 6.45) is 3.00. The third-order valence-electron chi connectivity index (χ3n) is 2.84. The molecule has 0 fully saturated rings. The summed E-state index contributed by atoms with van der Waals surface area (Å²) >= 11 is 0. The van der Waals surface area contributed by atoms with Crippen molar-refractivity contribution in [3.05, 3.63) is 0 Å². The van der Waals surface area contributed by atoms with E-state index in [0.717, 1.165) is 39.0 Å². The number of rotatable bonds is 11. The van der Waals surface area contributed by atoms with Crippen LogP contribution in [0.3, 0.4) is 0 Å². The molecule has 2 unspecified atom stereocenters. The van der Waals surface area contributed by atoms with E-state index >= 15 is 0 Å². The van der Waals surface area contributed by atoms with E-state index in [9.17, 15) is 0 Å². The predicted molar refractivity (Wildman–Crippen MR) is 73.5 cm³/mol. The second kappa shape index (κ2) is 10.3. The molecule has 0 rings (SSSR count). The molecule has 0 aromatic rings. The molecular weight excluding hydrogens is 228 g/mol. The summed E-state index contributed by atoms with van der Waals surface area (Å²) in [6.45, 7) is 10.9. The summed E-state index contributed by atoms with van der Waals surface area (Å²) in [5.41, 5.74) is -0.397. The van der Waals surface area contributed by atoms with Crippen molar-refractivity contribution in [2.45, 2.75) is 58.6 Å². The van der Waals surface area contributed by atoms with Gasteiger partial charge in [0, 0.05) is 13.2 Å². The van der Waals surface area contributed by atoms with Gasteiger partial charge in [-0.3, -0.25) is 5.32 Å². The number of nitriles is 1. The van der Waals surface area contributed by atoms with Crippen LogP contribution >= 0.6 is 0 Å². The van der Waals surface area contributed by atoms with E-state index in [0.29, 0.717) is 6.61 Å². The summed E-state index contributed by atoms with van der Waals surface area (Å²) in [5, 5.41) is 12.3. The zero-order valence-electron chi connectivity index (χ0n) is 12.3. The van der Waals surface area contributed by atoms with Crippen molar-refractivity contribution in [3.8, 4) is 6.07 Å². The van der Waals surface area contributed by atoms with Gasteiger partial charge in [0.15, 0.2) is 0 Å². The van der Waals surface area contributed by atoms with Gasteiger partial charge in [0.2, 0.25) is 0 Å². The van der Waals surface area contributed by atoms with E-state index in [1.54, 1.807) is 0 Å². The molecule has 0 aliphatic carbocycles. The van der Waals surface area contributed by atoms with Crippen molar-refractivity contribution in [2.75, 3.05) is 26.4 Å². The highest BCUT2D eigenvalue weighted by atomic mass is 16.5. The largest absolute Gasteiger partial charge is 0.379 e. The number of hydrogen-bond donors (Lipinski definition) is 1. The quantitative estimate of drug-likeness (QED) is 0.577. The normalized spacial score (nSPS) is 15.9. The Labute approximate surface area is 112 Å². The molecule has 4 nitrogen and oxygen atoms in total. The molecule has 1 N–H and O–H groups in total. The fraction of sp³-hybridized carbons (Fsp3) is 0.929. The smallest absolute Gasteiger partial charge is 0.103 e. The minimum Gasteiger partial charge on any atom is -0.379 e. The molecule has 0 aliphatic rings. The van der Waals surface area contributed by atoms with Gasteiger partial charge < -0.3 is 9.47 Å². The van der Waals surface area contributed by atoms with Gasteiger partial charge in [-0.1, -0.05) is 6.92 Å². The first-order valence-corrected chi connectivity index (χ1v) is 6.93. The number of hydrogen-bond acceptors (Lipinski definition) is 4. The van der Waals surface area contributed by atoms with Crippen LogP contribution < -0.4 is 5.32 Å². The van der Waals surface area contributed by atoms with Crippen molar-refractivity contribution >= 4 is 0 Å². The van der Waals surface area contributed by atoms with Crippen LogP contribution in [-0.4, -0.2) is 38.0 Å². The maximum absolute atomic E-state index is 9.10. The Morgan fingerprint density at radius 1 is 1.33 bits per heavy atom. The standard InChI is InChI=1S/C14H28N2O2/c1-5-16-14(4,12-15)9-7-8-10-18-13(3)11-17-6-2/h13,16H,5-11H2,1-4H3. The van der Waals surface area contributed by atoms with Gasteiger partial charge in [0.1, 0.15) is 5.54 Å². The third-order valence-corrected chi connectivity index (χ3v) is 2.84. The molecule has 2 atom stereocenters. The Kier molecular flexibility index (Phi) is 9.95. The van der Waals surface area contributed by atoms with Crippen molar-refractivity contribution in [2.24, 2.45) is 0 Å². The minimum atomic E-state index is -0.397. The number of ether oxygens (including phenoxy) is 2. The molecule has 0 amide bonds. The monoisotopic (exact) mass is 256 g/mol. The van der Waals surface area contributed by atoms with Crippen LogP contribution in [0, 0.1) is 11.3 Å². The predicted octanol–water partition coefficient (Wildman–Crippen LogP) is 2.49. The average molecular weight is 256 g/mol. The molecule has 106 valence electrons. The first-order valence-electron chi connectivity index (χ1n) is 6.93. The van der Waals surface area contributed by atoms with E-state index in [1.807, 2.05) is 27.7 Å². The van der Waals surface area contributed by atoms with Gasteiger partial charge in [-0.2, -0.15) is 5.26 Å². The first-order chi connectivity index (χ1) is 8.58. The molecule has 0 saturated heterocycles. The van der Waals surface area contributed by atoms with E-state index in [-0.39, 0.29) is 6.10 Å². The van der Waals surface area contributed by atoms with E-state index < -0.39 is 5.54 Å². The SMILES string of the molecule is CCNC(C)(C#N)CCCCOC(C)COCC. The highest BCUT2D eigenvalue weighted by Crippen LogP contribution is 2.12. The number of nitrogens with zero attached hydrogens (tertiary/aromatic N) is 1. The molecule has 0 heterocycles. The maximum atomic E-state index is 9.10. The van der Waals surface area contributed by atoms with E-state index in [2.05, 4.69) is 11.4 Å². The molecule has 0 radical (unpaired) electrons. The Bertz CT molecular complexity index is 240. The first kappa shape index (κ1) is 17.4. The summed E-state index contributed by atoms with van der Waals surface area (Å²) < 4.78 is 10.9. The Morgan fingerprint density at radius 2 is 2.06 bits per heavy atom. The highest BCUT2D eigenvalue weighted by Gasteiger charge is 2.21. The summed E-state index contributed by atoms with van der Waals surface area (Å²) in [7, 11) is 0. The molecule has 0 aromatic carbocycles. The van der Waals surface area contributed by atoms with Gasteiger partial charge >= 0.3 is 0 Å². The van der Waals surface area contributed by atoms with Gasteiger partial charge in [0.25, 0.3) is 0 Å². The Morgan fingerprint density at radius 3 is 2.61 bits per heavy atom. The van der Waals surface area contributed by atoms with Gasteiger partial charge in [-0.15, -0.1) is 0 Å². The fourth-order valence-electron chi connectivity index (χ4n) is 1.77. The van der Waals surface area contributed by atoms with E-state index in [1.165, 1.54) is 0 Å². The van der Waals surface area contributed by atoms with Crippen molar-refractivity contribution in [1.29, 1.82) is 5.26 Å². The van der Waals surface area contributed by atoms with E-state index in [4.69, 9.17) is 14.7 Å². The average Bonchev–Trinajstić information content (AvgIpc) is 2.36. The summed E-state index contributed by atoms with van der Waals surface area (Å²) in [5.74, 6) is 0. The second-order valence-corrected chi connectivity index (χ2v) is 4.77. The van der Waals surface area contributed by atoms with Gasteiger partial charge in [0.05, 0.1) is 18.8 Å². The zero-order valence-corrected chi connectivity index (χ0v) is 12.3. The fourth-order valence-corrected chi connectivity index (χ4v) is 1.77. The molecule has 0 aromatic heterocycles. The lowest BCUT2D eigenvalue weighted by Crippen LogP contribution is -2.40. The molecule has 0 spiro atoms. The summed E-state index contributed by atoms with van der Waals surface area (Å²) in [4.78, 5) is 0. The Balaban J connectivity index is 3.58. The van der Waals surface area contributed by atoms with Crippen LogP contribution in [0.4, 0.5) is 0 Å². The zero-order chi connectivity index (χ0) is 13.9. The number of nitrogens with one attached hydrogen (secondary N) is 1. The van der Waals surface area contributed by atoms with Crippen LogP contribution in [0.5, 0.6) is 0 Å². The summed E-state index contributed by atoms with van der Waals surface area (Å²) in [6, 6.07) is 2.34. The molecular formula is C14H28N2O2. The van der Waals surface area contributed by atoms with Crippen molar-refractivity contribution in [1.82, 2.24) is 5.32 Å². The number of unbranched alkanes of at least 4 members (excludes halogenated alkanes) is 1. The maximum Gasteiger partial charge on any atom is 0.103 e. The Hall–Kier alpha value is -0.630. The van der Waals surface area contributed by atoms with Crippen LogP contribution in [0.1, 0.15) is 47.0 Å². The van der Waals surface area contributed by atoms with Crippen molar-refractivity contribution < 1.29 is 9.47 Å². The van der Waals surface area contributed by atoms with Crippen molar-refractivity contribution in [3.63, 3.8) is 0 Å².